The van der Waals surface area contributed by atoms with Crippen molar-refractivity contribution in [2.45, 2.75) is 37.4 Å². The van der Waals surface area contributed by atoms with Crippen molar-refractivity contribution in [2.24, 2.45) is 17.2 Å². The molecule has 0 amide bonds. The highest BCUT2D eigenvalue weighted by Crippen LogP contribution is 2.32. The fraction of sp³-hybridized carbons (Fsp3) is 0.432. The Hall–Kier alpha value is -5.29. The van der Waals surface area contributed by atoms with Gasteiger partial charge in [-0.05, 0) is 53.1 Å². The number of methoxy groups -OCH3 is 9. The molecule has 16 nitrogen and oxygen atoms in total. The number of nitrogens with two attached hydrogens (primary N) is 3. The van der Waals surface area contributed by atoms with Gasteiger partial charge in [0.1, 0.15) is 0 Å². The van der Waals surface area contributed by atoms with Gasteiger partial charge in [-0.15, -0.1) is 0 Å². The maximum Gasteiger partial charge on any atom is 0.307 e. The number of aliphatic hydroxyl groups excluding tert-OH is 1. The summed E-state index contributed by atoms with van der Waals surface area (Å²) < 4.78 is 44.5. The van der Waals surface area contributed by atoms with E-state index in [0.717, 1.165) is 23.8 Å². The third kappa shape index (κ3) is 16.3. The minimum Gasteiger partial charge on any atom is -0.493 e. The first-order chi connectivity index (χ1) is 25.4. The zero-order valence-corrected chi connectivity index (χ0v) is 32.1. The van der Waals surface area contributed by atoms with Crippen LogP contribution >= 0.6 is 0 Å². The van der Waals surface area contributed by atoms with Crippen molar-refractivity contribution in [3.05, 3.63) is 71.3 Å². The fourth-order valence-electron chi connectivity index (χ4n) is 4.39. The first-order valence-electron chi connectivity index (χ1n) is 15.9. The van der Waals surface area contributed by atoms with Crippen LogP contribution in [0.25, 0.3) is 0 Å². The second-order valence-electron chi connectivity index (χ2n) is 10.5. The van der Waals surface area contributed by atoms with Crippen LogP contribution in [0.2, 0.25) is 0 Å². The summed E-state index contributed by atoms with van der Waals surface area (Å²) >= 11 is 0. The lowest BCUT2D eigenvalue weighted by atomic mass is 10.0. The van der Waals surface area contributed by atoms with Crippen LogP contribution in [0, 0.1) is 0 Å². The molecule has 0 heterocycles. The predicted molar refractivity (Wildman–Crippen MR) is 197 cm³/mol. The SMILES string of the molecule is CO.COC(=O)C[C@@H](N)c1ccc(OC)c(OC)c1.COC(=O)C[C@H](N)c1ccc(OC)c(OC)c1.COC(=O)C[C@H](N)c1ccc(OC)c(OC)c1. The van der Waals surface area contributed by atoms with Crippen LogP contribution in [-0.2, 0) is 28.6 Å². The molecule has 0 aliphatic heterocycles. The van der Waals surface area contributed by atoms with Gasteiger partial charge in [-0.2, -0.15) is 0 Å². The average molecular weight is 750 g/mol. The molecule has 3 atom stereocenters. The Morgan fingerprint density at radius 3 is 0.811 bits per heavy atom. The number of aliphatic hydroxyl groups is 1. The molecule has 7 N–H and O–H groups in total. The van der Waals surface area contributed by atoms with Gasteiger partial charge in [0.15, 0.2) is 34.5 Å². The first-order valence-corrected chi connectivity index (χ1v) is 15.9. The third-order valence-electron chi connectivity index (χ3n) is 7.35. The lowest BCUT2D eigenvalue weighted by Gasteiger charge is -2.13. The maximum atomic E-state index is 11.1. The third-order valence-corrected chi connectivity index (χ3v) is 7.35. The molecule has 0 unspecified atom stereocenters. The molecule has 296 valence electrons. The zero-order chi connectivity index (χ0) is 40.5. The normalized spacial score (nSPS) is 11.4. The minimum atomic E-state index is -0.415. The molecular weight excluding hydrogens is 694 g/mol. The van der Waals surface area contributed by atoms with Crippen molar-refractivity contribution in [1.29, 1.82) is 0 Å². The Bertz CT molecular complexity index is 1360. The van der Waals surface area contributed by atoms with E-state index in [4.69, 9.17) is 50.7 Å². The van der Waals surface area contributed by atoms with Crippen LogP contribution in [0.15, 0.2) is 54.6 Å². The largest absolute Gasteiger partial charge is 0.493 e. The van der Waals surface area contributed by atoms with Crippen molar-refractivity contribution in [2.75, 3.05) is 71.1 Å². The number of hydrogen-bond acceptors (Lipinski definition) is 16. The van der Waals surface area contributed by atoms with Gasteiger partial charge < -0.3 is 64.9 Å². The lowest BCUT2D eigenvalue weighted by Crippen LogP contribution is -2.16. The van der Waals surface area contributed by atoms with Gasteiger partial charge in [-0.3, -0.25) is 14.4 Å². The number of benzene rings is 3. The molecule has 3 rings (SSSR count). The quantitative estimate of drug-likeness (QED) is 0.129. The van der Waals surface area contributed by atoms with E-state index < -0.39 is 18.1 Å². The summed E-state index contributed by atoms with van der Waals surface area (Å²) in [4.78, 5) is 33.3. The molecule has 0 aliphatic carbocycles. The number of esters is 3. The summed E-state index contributed by atoms with van der Waals surface area (Å²) in [6.07, 6.45) is 0.393. The lowest BCUT2D eigenvalue weighted by molar-refractivity contribution is -0.141. The van der Waals surface area contributed by atoms with Gasteiger partial charge in [0.2, 0.25) is 0 Å². The van der Waals surface area contributed by atoms with E-state index in [2.05, 4.69) is 14.2 Å². The van der Waals surface area contributed by atoms with Crippen LogP contribution in [0.1, 0.15) is 54.1 Å². The smallest absolute Gasteiger partial charge is 0.307 e. The van der Waals surface area contributed by atoms with Crippen LogP contribution in [0.5, 0.6) is 34.5 Å². The highest BCUT2D eigenvalue weighted by atomic mass is 16.5. The van der Waals surface area contributed by atoms with E-state index in [1.165, 1.54) is 21.3 Å². The van der Waals surface area contributed by atoms with Gasteiger partial charge in [0.25, 0.3) is 0 Å². The molecule has 0 saturated heterocycles. The predicted octanol–water partition coefficient (Wildman–Crippen LogP) is 3.41. The number of carbonyl (C=O) groups excluding carboxylic acids is 3. The highest BCUT2D eigenvalue weighted by molar-refractivity contribution is 5.71. The second-order valence-corrected chi connectivity index (χ2v) is 10.5. The molecular formula is C37H55N3O13. The maximum absolute atomic E-state index is 11.1. The van der Waals surface area contributed by atoms with Gasteiger partial charge in [-0.1, -0.05) is 18.2 Å². The summed E-state index contributed by atoms with van der Waals surface area (Å²) in [5.74, 6) is 2.62. The van der Waals surface area contributed by atoms with Crippen LogP contribution in [0.3, 0.4) is 0 Å². The number of ether oxygens (including phenoxy) is 9. The van der Waals surface area contributed by atoms with E-state index >= 15 is 0 Å². The summed E-state index contributed by atoms with van der Waals surface area (Å²) in [6.45, 7) is 0. The summed E-state index contributed by atoms with van der Waals surface area (Å²) in [5, 5.41) is 7.00. The van der Waals surface area contributed by atoms with E-state index in [9.17, 15) is 14.4 Å². The van der Waals surface area contributed by atoms with E-state index in [-0.39, 0.29) is 37.2 Å². The zero-order valence-electron chi connectivity index (χ0n) is 32.1. The van der Waals surface area contributed by atoms with Gasteiger partial charge in [0.05, 0.1) is 83.3 Å². The number of hydrogen-bond donors (Lipinski definition) is 4. The monoisotopic (exact) mass is 749 g/mol. The van der Waals surface area contributed by atoms with Gasteiger partial charge in [-0.25, -0.2) is 0 Å². The topological polar surface area (TPSA) is 233 Å². The van der Waals surface area contributed by atoms with Crippen molar-refractivity contribution >= 4 is 17.9 Å². The Balaban J connectivity index is 0.000000747. The number of rotatable bonds is 15. The second kappa shape index (κ2) is 26.5. The molecule has 0 bridgehead atoms. The Morgan fingerprint density at radius 1 is 0.434 bits per heavy atom. The fourth-order valence-corrected chi connectivity index (χ4v) is 4.39. The standard InChI is InChI=1S/3C12H17NO4.CH4O/c3*1-15-10-5-4-8(6-11(10)16-2)9(13)7-12(14)17-3;1-2/h3*4-6,9H,7,13H2,1-3H3;2H,1H3/t3*9-;/m100./s1. The molecule has 0 aliphatic rings. The average Bonchev–Trinajstić information content (AvgIpc) is 3.20. The molecule has 0 saturated carbocycles. The molecule has 0 radical (unpaired) electrons. The molecule has 53 heavy (non-hydrogen) atoms. The molecule has 0 fully saturated rings. The van der Waals surface area contributed by atoms with Gasteiger partial charge >= 0.3 is 17.9 Å². The summed E-state index contributed by atoms with van der Waals surface area (Å²) in [6, 6.07) is 14.7. The molecule has 3 aromatic carbocycles. The van der Waals surface area contributed by atoms with Crippen molar-refractivity contribution in [1.82, 2.24) is 0 Å². The molecule has 16 heteroatoms. The Morgan fingerprint density at radius 2 is 0.642 bits per heavy atom. The van der Waals surface area contributed by atoms with Gasteiger partial charge in [0, 0.05) is 25.2 Å². The van der Waals surface area contributed by atoms with Crippen molar-refractivity contribution in [3.63, 3.8) is 0 Å². The summed E-state index contributed by atoms with van der Waals surface area (Å²) in [7, 11) is 14.3. The molecule has 0 aromatic heterocycles. The van der Waals surface area contributed by atoms with Crippen molar-refractivity contribution < 1.29 is 62.1 Å². The molecule has 3 aromatic rings. The minimum absolute atomic E-state index is 0.131. The Labute approximate surface area is 311 Å². The Kier molecular flexibility index (Phi) is 23.8. The highest BCUT2D eigenvalue weighted by Gasteiger charge is 2.16. The number of carbonyl (C=O) groups is 3. The van der Waals surface area contributed by atoms with Crippen LogP contribution in [0.4, 0.5) is 0 Å². The molecule has 0 spiro atoms. The van der Waals surface area contributed by atoms with Crippen LogP contribution < -0.4 is 45.6 Å². The van der Waals surface area contributed by atoms with Crippen LogP contribution in [-0.4, -0.2) is 94.1 Å². The van der Waals surface area contributed by atoms with E-state index in [1.807, 2.05) is 0 Å². The van der Waals surface area contributed by atoms with E-state index in [0.29, 0.717) is 34.5 Å². The summed E-state index contributed by atoms with van der Waals surface area (Å²) in [5.41, 5.74) is 20.1. The van der Waals surface area contributed by atoms with E-state index in [1.54, 1.807) is 97.3 Å². The van der Waals surface area contributed by atoms with Crippen molar-refractivity contribution in [3.8, 4) is 34.5 Å². The first kappa shape index (κ1) is 47.7.